The highest BCUT2D eigenvalue weighted by atomic mass is 35.5. The third kappa shape index (κ3) is 4.23. The average molecular weight is 501 g/mol. The van der Waals surface area contributed by atoms with E-state index in [1.54, 1.807) is 0 Å². The summed E-state index contributed by atoms with van der Waals surface area (Å²) in [5, 5.41) is 2.26. The molecule has 0 aromatic heterocycles. The van der Waals surface area contributed by atoms with Crippen molar-refractivity contribution in [2.75, 3.05) is 0 Å². The Labute approximate surface area is 215 Å². The van der Waals surface area contributed by atoms with E-state index in [4.69, 9.17) is 43.1 Å². The smallest absolute Gasteiger partial charge is 0.348 e. The Hall–Kier alpha value is -3.07. The van der Waals surface area contributed by atoms with Crippen molar-refractivity contribution < 1.29 is 28.0 Å². The molecule has 36 heavy (non-hydrogen) atoms. The maximum atomic E-state index is 14.8. The lowest BCUT2D eigenvalue weighted by Crippen LogP contribution is -2.64. The third-order valence-electron chi connectivity index (χ3n) is 6.26. The first-order valence-corrected chi connectivity index (χ1v) is 11.0. The van der Waals surface area contributed by atoms with E-state index < -0.39 is 52.3 Å². The van der Waals surface area contributed by atoms with Crippen LogP contribution in [0.4, 0.5) is 8.78 Å². The number of amides is 4. The van der Waals surface area contributed by atoms with Crippen LogP contribution in [0.2, 0.25) is 10.8 Å². The number of hydrogen-bond acceptors (Lipinski definition) is 4. The number of fused-ring (bicyclic) bond motifs is 1. The minimum absolute atomic E-state index is 0.150. The maximum absolute atomic E-state index is 14.8. The Bertz CT molecular complexity index is 1280. The van der Waals surface area contributed by atoms with Crippen LogP contribution in [-0.2, 0) is 26.9 Å². The first-order valence-electron chi connectivity index (χ1n) is 10.6. The number of carbonyl (C=O) groups is 4. The highest BCUT2D eigenvalue weighted by molar-refractivity contribution is 6.37. The van der Waals surface area contributed by atoms with Crippen LogP contribution in [-0.4, -0.2) is 70.3 Å². The molecule has 14 heteroatoms. The van der Waals surface area contributed by atoms with Crippen molar-refractivity contribution in [2.24, 2.45) is 0 Å². The lowest BCUT2D eigenvalue weighted by atomic mass is 9.62. The predicted octanol–water partition coefficient (Wildman–Crippen LogP) is 1.04. The molecule has 1 fully saturated rings. The zero-order valence-corrected chi connectivity index (χ0v) is 19.3. The molecule has 1 N–H and O–H groups in total. The summed E-state index contributed by atoms with van der Waals surface area (Å²) in [6.07, 6.45) is -0.297. The fourth-order valence-electron chi connectivity index (χ4n) is 4.14. The van der Waals surface area contributed by atoms with Crippen LogP contribution in [0.15, 0.2) is 42.5 Å². The zero-order valence-electron chi connectivity index (χ0n) is 18.6. The van der Waals surface area contributed by atoms with Crippen molar-refractivity contribution in [1.82, 2.24) is 15.0 Å². The van der Waals surface area contributed by atoms with E-state index in [0.29, 0.717) is 5.56 Å². The molecule has 2 aromatic carbocycles. The van der Waals surface area contributed by atoms with E-state index in [1.807, 2.05) is 0 Å². The summed E-state index contributed by atoms with van der Waals surface area (Å²) in [5.41, 5.74) is -1.82. The van der Waals surface area contributed by atoms with Crippen molar-refractivity contribution in [3.05, 3.63) is 69.7 Å². The Balaban J connectivity index is 1.56. The molecule has 1 saturated heterocycles. The number of piperidine rings is 1. The zero-order chi connectivity index (χ0) is 26.6. The van der Waals surface area contributed by atoms with Crippen molar-refractivity contribution in [3.63, 3.8) is 0 Å². The molecule has 3 atom stereocenters. The molecular formula is C22H14B4ClF2N3O4. The number of rotatable bonds is 5. The van der Waals surface area contributed by atoms with Gasteiger partial charge in [0.15, 0.2) is 0 Å². The minimum atomic E-state index is -3.99. The van der Waals surface area contributed by atoms with Gasteiger partial charge >= 0.3 is 5.92 Å². The second-order valence-electron chi connectivity index (χ2n) is 8.60. The van der Waals surface area contributed by atoms with E-state index in [1.165, 1.54) is 30.3 Å². The summed E-state index contributed by atoms with van der Waals surface area (Å²) in [6, 6.07) is 8.52. The Morgan fingerprint density at radius 1 is 1.19 bits per heavy atom. The van der Waals surface area contributed by atoms with Gasteiger partial charge in [0.1, 0.15) is 15.7 Å². The van der Waals surface area contributed by atoms with Crippen LogP contribution in [0.5, 0.6) is 0 Å². The van der Waals surface area contributed by atoms with Crippen LogP contribution in [0.25, 0.3) is 0 Å². The van der Waals surface area contributed by atoms with Gasteiger partial charge in [-0.3, -0.25) is 24.5 Å². The van der Waals surface area contributed by atoms with Crippen LogP contribution in [0.1, 0.15) is 39.4 Å². The van der Waals surface area contributed by atoms with Gasteiger partial charge < -0.3 is 9.71 Å². The molecule has 2 heterocycles. The molecule has 0 spiro atoms. The second kappa shape index (κ2) is 9.10. The van der Waals surface area contributed by atoms with Crippen molar-refractivity contribution in [3.8, 4) is 0 Å². The molecule has 4 amide bonds. The monoisotopic (exact) mass is 501 g/mol. The molecule has 0 bridgehead atoms. The first-order chi connectivity index (χ1) is 16.8. The SMILES string of the molecule is [B]C1C[C@@]([B])(N2Cc3cc(C([B])N([B])C(=O)C(F)(F)c4ccc(Cl)cc4)ccc3C2=O)C(=O)NC1=O. The van der Waals surface area contributed by atoms with Crippen molar-refractivity contribution >= 4 is 66.7 Å². The molecule has 2 aliphatic rings. The molecule has 2 unspecified atom stereocenters. The largest absolute Gasteiger partial charge is 0.393 e. The fourth-order valence-corrected chi connectivity index (χ4v) is 4.27. The van der Waals surface area contributed by atoms with Crippen LogP contribution in [0, 0.1) is 0 Å². The van der Waals surface area contributed by atoms with Gasteiger partial charge in [-0.1, -0.05) is 35.9 Å². The molecule has 4 rings (SSSR count). The molecule has 0 saturated carbocycles. The summed E-state index contributed by atoms with van der Waals surface area (Å²) >= 11 is 5.72. The summed E-state index contributed by atoms with van der Waals surface area (Å²) in [5.74, 6) is -10.5. The van der Waals surface area contributed by atoms with E-state index >= 15 is 0 Å². The van der Waals surface area contributed by atoms with Crippen LogP contribution < -0.4 is 5.32 Å². The number of nitrogens with one attached hydrogen (secondary N) is 1. The van der Waals surface area contributed by atoms with Gasteiger partial charge in [0.05, 0.1) is 13.3 Å². The number of benzene rings is 2. The van der Waals surface area contributed by atoms with E-state index in [9.17, 15) is 28.0 Å². The molecule has 2 aromatic rings. The van der Waals surface area contributed by atoms with Crippen LogP contribution >= 0.6 is 11.6 Å². The van der Waals surface area contributed by atoms with Gasteiger partial charge in [0, 0.05) is 34.5 Å². The summed E-state index contributed by atoms with van der Waals surface area (Å²) < 4.78 is 29.5. The van der Waals surface area contributed by atoms with Gasteiger partial charge in [-0.2, -0.15) is 8.78 Å². The number of imide groups is 1. The standard InChI is InChI=1S/C22H14B4ClF2N3O4/c23-15-8-21(25,19(35)30-17(15)33)31-9-11-7-10(1-6-14(11)18(31)34)16(24)32(26)20(36)22(28,29)12-2-4-13(27)5-3-12/h1-7,15-16H,8-9H2,(H,30,33,35)/t15?,16?,21-/m1/s1. The predicted molar refractivity (Wildman–Crippen MR) is 129 cm³/mol. The number of hydrogen-bond donors (Lipinski definition) is 1. The molecular weight excluding hydrogens is 487 g/mol. The number of nitrogens with zero attached hydrogens (tertiary/aromatic N) is 2. The highest BCUT2D eigenvalue weighted by Crippen LogP contribution is 2.37. The highest BCUT2D eigenvalue weighted by Gasteiger charge is 2.50. The summed E-state index contributed by atoms with van der Waals surface area (Å²) in [4.78, 5) is 50.9. The Morgan fingerprint density at radius 3 is 2.47 bits per heavy atom. The summed E-state index contributed by atoms with van der Waals surface area (Å²) in [7, 11) is 23.6. The van der Waals surface area contributed by atoms with Gasteiger partial charge in [-0.05, 0) is 35.7 Å². The number of carbonyl (C=O) groups excluding carboxylic acids is 4. The van der Waals surface area contributed by atoms with E-state index in [0.717, 1.165) is 17.0 Å². The Morgan fingerprint density at radius 2 is 1.83 bits per heavy atom. The normalized spacial score (nSPS) is 22.7. The van der Waals surface area contributed by atoms with Gasteiger partial charge in [-0.25, -0.2) is 0 Å². The van der Waals surface area contributed by atoms with Gasteiger partial charge in [0.2, 0.25) is 19.8 Å². The first kappa shape index (κ1) is 26.0. The number of halogens is 3. The maximum Gasteiger partial charge on any atom is 0.348 e. The van der Waals surface area contributed by atoms with E-state index in [2.05, 4.69) is 5.32 Å². The lowest BCUT2D eigenvalue weighted by molar-refractivity contribution is -0.154. The van der Waals surface area contributed by atoms with Crippen molar-refractivity contribution in [2.45, 2.75) is 36.1 Å². The summed E-state index contributed by atoms with van der Waals surface area (Å²) in [6.45, 7) is -0.154. The molecule has 174 valence electrons. The molecule has 7 nitrogen and oxygen atoms in total. The fraction of sp³-hybridized carbons (Fsp3) is 0.273. The number of alkyl halides is 2. The third-order valence-corrected chi connectivity index (χ3v) is 6.52. The Kier molecular flexibility index (Phi) is 6.58. The topological polar surface area (TPSA) is 86.8 Å². The molecule has 2 aliphatic heterocycles. The molecule has 8 radical (unpaired) electrons. The molecule has 0 aliphatic carbocycles. The lowest BCUT2D eigenvalue weighted by Gasteiger charge is -2.42. The van der Waals surface area contributed by atoms with Crippen molar-refractivity contribution in [1.29, 1.82) is 0 Å². The quantitative estimate of drug-likeness (QED) is 0.491. The van der Waals surface area contributed by atoms with E-state index in [-0.39, 0.29) is 33.9 Å². The second-order valence-corrected chi connectivity index (χ2v) is 9.04. The van der Waals surface area contributed by atoms with Crippen LogP contribution in [0.3, 0.4) is 0 Å². The van der Waals surface area contributed by atoms with Gasteiger partial charge in [0.25, 0.3) is 11.8 Å². The van der Waals surface area contributed by atoms with Gasteiger partial charge in [-0.15, -0.1) is 0 Å². The minimum Gasteiger partial charge on any atom is -0.393 e. The average Bonchev–Trinajstić information content (AvgIpc) is 3.18.